The molecule has 164 valence electrons. The van der Waals surface area contributed by atoms with Crippen LogP contribution in [0, 0.1) is 0 Å². The predicted molar refractivity (Wildman–Crippen MR) is 126 cm³/mol. The van der Waals surface area contributed by atoms with Crippen molar-refractivity contribution < 1.29 is 19.1 Å². The Bertz CT molecular complexity index is 956. The summed E-state index contributed by atoms with van der Waals surface area (Å²) in [6, 6.07) is 7.64. The Morgan fingerprint density at radius 3 is 2.61 bits per heavy atom. The monoisotopic (exact) mass is 460 g/mol. The summed E-state index contributed by atoms with van der Waals surface area (Å²) in [5.74, 6) is -0.273. The molecule has 0 aliphatic rings. The van der Waals surface area contributed by atoms with Crippen LogP contribution >= 0.6 is 22.9 Å². The van der Waals surface area contributed by atoms with Crippen molar-refractivity contribution in [1.29, 1.82) is 0 Å². The van der Waals surface area contributed by atoms with Gasteiger partial charge in [0.15, 0.2) is 0 Å². The molecule has 0 fully saturated rings. The van der Waals surface area contributed by atoms with Gasteiger partial charge in [0, 0.05) is 24.2 Å². The first-order valence-corrected chi connectivity index (χ1v) is 10.6. The number of thiophene rings is 1. The van der Waals surface area contributed by atoms with E-state index in [1.54, 1.807) is 42.5 Å². The van der Waals surface area contributed by atoms with E-state index in [-0.39, 0.29) is 25.0 Å². The Labute approximate surface area is 191 Å². The van der Waals surface area contributed by atoms with Crippen LogP contribution < -0.4 is 15.0 Å². The number of ether oxygens (including phenoxy) is 2. The van der Waals surface area contributed by atoms with Gasteiger partial charge in [-0.15, -0.1) is 11.3 Å². The third kappa shape index (κ3) is 6.30. The minimum absolute atomic E-state index is 0.201. The molecule has 6 nitrogen and oxygen atoms in total. The van der Waals surface area contributed by atoms with Crippen LogP contribution in [0.1, 0.15) is 10.9 Å². The van der Waals surface area contributed by atoms with E-state index in [1.807, 2.05) is 11.4 Å². The number of benzene rings is 1. The molecule has 0 aliphatic heterocycles. The second kappa shape index (κ2) is 12.1. The first-order chi connectivity index (χ1) is 15.0. The number of nitrogens with zero attached hydrogens (tertiary/aromatic N) is 1. The maximum absolute atomic E-state index is 13.3. The molecule has 2 amide bonds. The molecular formula is C23H25ClN2O4S. The highest BCUT2D eigenvalue weighted by Crippen LogP contribution is 2.35. The van der Waals surface area contributed by atoms with E-state index in [1.165, 1.54) is 30.5 Å². The van der Waals surface area contributed by atoms with Crippen molar-refractivity contribution in [1.82, 2.24) is 5.32 Å². The first-order valence-electron chi connectivity index (χ1n) is 9.36. The number of amides is 2. The fraction of sp³-hybridized carbons (Fsp3) is 0.217. The number of rotatable bonds is 11. The molecule has 0 saturated carbocycles. The van der Waals surface area contributed by atoms with Crippen molar-refractivity contribution in [3.05, 3.63) is 82.6 Å². The molecule has 0 spiro atoms. The molecule has 1 unspecified atom stereocenters. The topological polar surface area (TPSA) is 67.9 Å². The lowest BCUT2D eigenvalue weighted by Gasteiger charge is -2.30. The number of hydrogen-bond donors (Lipinski definition) is 1. The third-order valence-corrected chi connectivity index (χ3v) is 5.55. The minimum Gasteiger partial charge on any atom is -0.495 e. The number of hydrogen-bond acceptors (Lipinski definition) is 5. The van der Waals surface area contributed by atoms with Gasteiger partial charge in [0.1, 0.15) is 18.4 Å². The number of methoxy groups -OCH3 is 2. The SMILES string of the molecule is C=C/C=C(\C=C)CNC(=O)C(c1cccs1)N(C(=O)COC)c1ccc(OC)c(Cl)c1. The largest absolute Gasteiger partial charge is 0.495 e. The van der Waals surface area contributed by atoms with Gasteiger partial charge in [-0.25, -0.2) is 0 Å². The van der Waals surface area contributed by atoms with Gasteiger partial charge in [0.05, 0.1) is 12.1 Å². The Kier molecular flexibility index (Phi) is 9.52. The second-order valence-corrected chi connectivity index (χ2v) is 7.72. The Hall–Kier alpha value is -2.87. The molecule has 1 N–H and O–H groups in total. The van der Waals surface area contributed by atoms with Crippen LogP contribution in [0.5, 0.6) is 5.75 Å². The van der Waals surface area contributed by atoms with Crippen LogP contribution in [0.2, 0.25) is 5.02 Å². The molecule has 8 heteroatoms. The lowest BCUT2D eigenvalue weighted by molar-refractivity contribution is -0.128. The van der Waals surface area contributed by atoms with Crippen molar-refractivity contribution in [2.24, 2.45) is 0 Å². The molecular weight excluding hydrogens is 436 g/mol. The Morgan fingerprint density at radius 1 is 1.29 bits per heavy atom. The van der Waals surface area contributed by atoms with Crippen molar-refractivity contribution in [3.8, 4) is 5.75 Å². The predicted octanol–water partition coefficient (Wildman–Crippen LogP) is 4.55. The van der Waals surface area contributed by atoms with Crippen molar-refractivity contribution >= 4 is 40.4 Å². The molecule has 0 radical (unpaired) electrons. The van der Waals surface area contributed by atoms with Gasteiger partial charge in [0.25, 0.3) is 5.91 Å². The zero-order valence-electron chi connectivity index (χ0n) is 17.5. The maximum atomic E-state index is 13.3. The highest BCUT2D eigenvalue weighted by Gasteiger charge is 2.33. The van der Waals surface area contributed by atoms with E-state index in [4.69, 9.17) is 21.1 Å². The Balaban J connectivity index is 2.49. The quantitative estimate of drug-likeness (QED) is 0.500. The lowest BCUT2D eigenvalue weighted by Crippen LogP contribution is -2.45. The van der Waals surface area contributed by atoms with Gasteiger partial charge in [-0.2, -0.15) is 0 Å². The van der Waals surface area contributed by atoms with Gasteiger partial charge in [-0.1, -0.05) is 49.1 Å². The number of anilines is 1. The summed E-state index contributed by atoms with van der Waals surface area (Å²) in [6.45, 7) is 7.44. The molecule has 1 aromatic carbocycles. The van der Waals surface area contributed by atoms with E-state index in [0.29, 0.717) is 21.3 Å². The molecule has 1 atom stereocenters. The molecule has 1 aromatic heterocycles. The number of carbonyl (C=O) groups is 2. The summed E-state index contributed by atoms with van der Waals surface area (Å²) in [5, 5.41) is 5.05. The maximum Gasteiger partial charge on any atom is 0.254 e. The summed E-state index contributed by atoms with van der Waals surface area (Å²) < 4.78 is 10.3. The van der Waals surface area contributed by atoms with Crippen LogP contribution in [0.15, 0.2) is 72.7 Å². The fourth-order valence-corrected chi connectivity index (χ4v) is 3.96. The number of allylic oxidation sites excluding steroid dienone is 2. The summed E-state index contributed by atoms with van der Waals surface area (Å²) >= 11 is 7.68. The van der Waals surface area contributed by atoms with Crippen LogP contribution in [0.4, 0.5) is 5.69 Å². The zero-order chi connectivity index (χ0) is 22.8. The van der Waals surface area contributed by atoms with Crippen LogP contribution in [-0.2, 0) is 14.3 Å². The highest BCUT2D eigenvalue weighted by atomic mass is 35.5. The summed E-state index contributed by atoms with van der Waals surface area (Å²) in [6.07, 6.45) is 5.01. The third-order valence-electron chi connectivity index (χ3n) is 4.33. The normalized spacial score (nSPS) is 12.0. The van der Waals surface area contributed by atoms with Crippen molar-refractivity contribution in [3.63, 3.8) is 0 Å². The summed E-state index contributed by atoms with van der Waals surface area (Å²) in [4.78, 5) is 28.5. The van der Waals surface area contributed by atoms with Gasteiger partial charge in [-0.3, -0.25) is 14.5 Å². The van der Waals surface area contributed by atoms with Gasteiger partial charge in [-0.05, 0) is 35.2 Å². The van der Waals surface area contributed by atoms with Crippen LogP contribution in [0.25, 0.3) is 0 Å². The molecule has 1 heterocycles. The van der Waals surface area contributed by atoms with Gasteiger partial charge in [0.2, 0.25) is 5.91 Å². The first kappa shape index (κ1) is 24.4. The van der Waals surface area contributed by atoms with Crippen LogP contribution in [-0.4, -0.2) is 39.2 Å². The minimum atomic E-state index is -0.915. The average Bonchev–Trinajstić information content (AvgIpc) is 3.29. The van der Waals surface area contributed by atoms with E-state index >= 15 is 0 Å². The fourth-order valence-electron chi connectivity index (χ4n) is 2.89. The summed E-state index contributed by atoms with van der Waals surface area (Å²) in [7, 11) is 2.93. The van der Waals surface area contributed by atoms with Crippen molar-refractivity contribution in [2.75, 3.05) is 32.3 Å². The molecule has 2 aromatic rings. The second-order valence-electron chi connectivity index (χ2n) is 6.33. The molecule has 2 rings (SSSR count). The standard InChI is InChI=1S/C23H25ClN2O4S/c1-5-8-16(6-2)14-25-23(28)22(20-9-7-12-31-20)26(21(27)15-29-3)17-10-11-19(30-4)18(24)13-17/h5-13,22H,1-2,14-15H2,3-4H3,(H,25,28)/b16-8+. The van der Waals surface area contributed by atoms with E-state index < -0.39 is 6.04 Å². The highest BCUT2D eigenvalue weighted by molar-refractivity contribution is 7.10. The van der Waals surface area contributed by atoms with Gasteiger partial charge < -0.3 is 14.8 Å². The van der Waals surface area contributed by atoms with Gasteiger partial charge >= 0.3 is 0 Å². The van der Waals surface area contributed by atoms with Crippen LogP contribution in [0.3, 0.4) is 0 Å². The molecule has 31 heavy (non-hydrogen) atoms. The Morgan fingerprint density at radius 2 is 2.06 bits per heavy atom. The number of nitrogens with one attached hydrogen (secondary N) is 1. The molecule has 0 saturated heterocycles. The smallest absolute Gasteiger partial charge is 0.254 e. The van der Waals surface area contributed by atoms with E-state index in [0.717, 1.165) is 5.57 Å². The zero-order valence-corrected chi connectivity index (χ0v) is 19.0. The molecule has 0 bridgehead atoms. The number of carbonyl (C=O) groups excluding carboxylic acids is 2. The van der Waals surface area contributed by atoms with E-state index in [2.05, 4.69) is 18.5 Å². The van der Waals surface area contributed by atoms with E-state index in [9.17, 15) is 9.59 Å². The molecule has 0 aliphatic carbocycles. The summed E-state index contributed by atoms with van der Waals surface area (Å²) in [5.41, 5.74) is 1.24. The van der Waals surface area contributed by atoms with Crippen molar-refractivity contribution in [2.45, 2.75) is 6.04 Å². The average molecular weight is 461 g/mol. The lowest BCUT2D eigenvalue weighted by atomic mass is 10.1. The number of halogens is 1.